The number of thioether (sulfide) groups is 2. The molecule has 0 unspecified atom stereocenters. The Kier molecular flexibility index (Phi) is 5.67. The molecular formula is C19H18N2O2S3. The zero-order valence-electron chi connectivity index (χ0n) is 14.0. The molecule has 7 heteroatoms. The van der Waals surface area contributed by atoms with Gasteiger partial charge in [-0.3, -0.25) is 10.1 Å². The summed E-state index contributed by atoms with van der Waals surface area (Å²) in [6.07, 6.45) is 1.29. The van der Waals surface area contributed by atoms with Gasteiger partial charge >= 0.3 is 0 Å². The van der Waals surface area contributed by atoms with E-state index < -0.39 is 0 Å². The summed E-state index contributed by atoms with van der Waals surface area (Å²) in [7, 11) is 0. The van der Waals surface area contributed by atoms with Gasteiger partial charge in [0.15, 0.2) is 11.7 Å². The molecule has 0 atom stereocenters. The zero-order chi connectivity index (χ0) is 17.8. The van der Waals surface area contributed by atoms with Crippen LogP contribution >= 0.6 is 34.9 Å². The van der Waals surface area contributed by atoms with Gasteiger partial charge in [-0.25, -0.2) is 4.98 Å². The van der Waals surface area contributed by atoms with Gasteiger partial charge in [-0.1, -0.05) is 35.6 Å². The van der Waals surface area contributed by atoms with Crippen molar-refractivity contribution in [3.05, 3.63) is 54.1 Å². The van der Waals surface area contributed by atoms with E-state index in [2.05, 4.69) is 22.4 Å². The summed E-state index contributed by atoms with van der Waals surface area (Å²) < 4.78 is 7.18. The maximum Gasteiger partial charge on any atom is 0.264 e. The fraction of sp³-hybridized carbons (Fsp3) is 0.263. The SMILES string of the molecule is O=C(COc1ccc(C2SCCCS2)cc1)Nc1nc2ccccc2s1. The third-order valence-electron chi connectivity index (χ3n) is 3.89. The van der Waals surface area contributed by atoms with E-state index in [9.17, 15) is 4.79 Å². The number of rotatable bonds is 5. The van der Waals surface area contributed by atoms with Gasteiger partial charge < -0.3 is 4.74 Å². The highest BCUT2D eigenvalue weighted by Gasteiger charge is 2.16. The van der Waals surface area contributed by atoms with Gasteiger partial charge in [0.2, 0.25) is 0 Å². The van der Waals surface area contributed by atoms with Crippen molar-refractivity contribution in [1.29, 1.82) is 0 Å². The number of nitrogens with one attached hydrogen (secondary N) is 1. The van der Waals surface area contributed by atoms with Crippen molar-refractivity contribution in [2.75, 3.05) is 23.4 Å². The monoisotopic (exact) mass is 402 g/mol. The number of aromatic nitrogens is 1. The summed E-state index contributed by atoms with van der Waals surface area (Å²) in [5.41, 5.74) is 2.20. The maximum absolute atomic E-state index is 12.1. The Labute approximate surface area is 164 Å². The second-order valence-corrected chi connectivity index (χ2v) is 9.57. The molecule has 2 aromatic carbocycles. The minimum Gasteiger partial charge on any atom is -0.484 e. The number of benzene rings is 2. The Morgan fingerprint density at radius 1 is 1.12 bits per heavy atom. The number of fused-ring (bicyclic) bond motifs is 1. The second kappa shape index (κ2) is 8.33. The van der Waals surface area contributed by atoms with E-state index in [1.807, 2.05) is 59.9 Å². The first kappa shape index (κ1) is 17.7. The molecule has 1 fully saturated rings. The second-order valence-electron chi connectivity index (χ2n) is 5.82. The standard InChI is InChI=1S/C19H18N2O2S3/c22-17(21-19-20-15-4-1-2-5-16(15)26-19)12-23-14-8-6-13(7-9-14)18-24-10-3-11-25-18/h1-2,4-9,18H,3,10-12H2,(H,20,21,22). The molecule has 1 aliphatic rings. The van der Waals surface area contributed by atoms with Crippen LogP contribution in [0, 0.1) is 0 Å². The molecule has 4 nitrogen and oxygen atoms in total. The summed E-state index contributed by atoms with van der Waals surface area (Å²) in [4.78, 5) is 16.5. The summed E-state index contributed by atoms with van der Waals surface area (Å²) in [6, 6.07) is 15.9. The van der Waals surface area contributed by atoms with Gasteiger partial charge in [-0.15, -0.1) is 23.5 Å². The number of hydrogen-bond acceptors (Lipinski definition) is 6. The lowest BCUT2D eigenvalue weighted by molar-refractivity contribution is -0.118. The number of hydrogen-bond donors (Lipinski definition) is 1. The summed E-state index contributed by atoms with van der Waals surface area (Å²) in [6.45, 7) is -0.0256. The van der Waals surface area contributed by atoms with Crippen molar-refractivity contribution in [3.63, 3.8) is 0 Å². The van der Waals surface area contributed by atoms with Crippen LogP contribution in [0.15, 0.2) is 48.5 Å². The molecular weight excluding hydrogens is 384 g/mol. The highest BCUT2D eigenvalue weighted by atomic mass is 32.2. The third kappa shape index (κ3) is 4.34. The van der Waals surface area contributed by atoms with E-state index in [-0.39, 0.29) is 12.5 Å². The molecule has 0 radical (unpaired) electrons. The first-order valence-electron chi connectivity index (χ1n) is 8.39. The van der Waals surface area contributed by atoms with Gasteiger partial charge in [-0.2, -0.15) is 0 Å². The van der Waals surface area contributed by atoms with E-state index in [1.54, 1.807) is 0 Å². The molecule has 2 heterocycles. The van der Waals surface area contributed by atoms with Gasteiger partial charge in [-0.05, 0) is 47.8 Å². The lowest BCUT2D eigenvalue weighted by Crippen LogP contribution is -2.20. The minimum absolute atomic E-state index is 0.0256. The minimum atomic E-state index is -0.202. The first-order valence-corrected chi connectivity index (χ1v) is 11.3. The number of amides is 1. The first-order chi connectivity index (χ1) is 12.8. The summed E-state index contributed by atoms with van der Waals surface area (Å²) in [5.74, 6) is 2.95. The fourth-order valence-electron chi connectivity index (χ4n) is 2.63. The van der Waals surface area contributed by atoms with Crippen LogP contribution in [0.3, 0.4) is 0 Å². The van der Waals surface area contributed by atoms with Crippen LogP contribution in [0.1, 0.15) is 16.6 Å². The molecule has 1 saturated heterocycles. The van der Waals surface area contributed by atoms with E-state index in [4.69, 9.17) is 4.74 Å². The number of carbonyl (C=O) groups excluding carboxylic acids is 1. The number of nitrogens with zero attached hydrogens (tertiary/aromatic N) is 1. The van der Waals surface area contributed by atoms with Crippen LogP contribution in [-0.4, -0.2) is 29.0 Å². The average Bonchev–Trinajstić information content (AvgIpc) is 3.09. The smallest absolute Gasteiger partial charge is 0.264 e. The van der Waals surface area contributed by atoms with Crippen LogP contribution in [0.5, 0.6) is 5.75 Å². The predicted molar refractivity (Wildman–Crippen MR) is 112 cm³/mol. The molecule has 0 spiro atoms. The molecule has 0 saturated carbocycles. The fourth-order valence-corrected chi connectivity index (χ4v) is 6.41. The third-order valence-corrected chi connectivity index (χ3v) is 7.86. The molecule has 1 aromatic heterocycles. The topological polar surface area (TPSA) is 51.2 Å². The van der Waals surface area contributed by atoms with Crippen LogP contribution in [0.25, 0.3) is 10.2 Å². The number of para-hydroxylation sites is 1. The lowest BCUT2D eigenvalue weighted by Gasteiger charge is -2.21. The van der Waals surface area contributed by atoms with E-state index in [0.717, 1.165) is 10.2 Å². The van der Waals surface area contributed by atoms with Gasteiger partial charge in [0.05, 0.1) is 14.8 Å². The van der Waals surface area contributed by atoms with Crippen LogP contribution < -0.4 is 10.1 Å². The molecule has 134 valence electrons. The van der Waals surface area contributed by atoms with Crippen molar-refractivity contribution in [3.8, 4) is 5.75 Å². The quantitative estimate of drug-likeness (QED) is 0.637. The Balaban J connectivity index is 1.31. The summed E-state index contributed by atoms with van der Waals surface area (Å²) >= 11 is 5.45. The number of ether oxygens (including phenoxy) is 1. The molecule has 0 bridgehead atoms. The normalized spacial score (nSPS) is 15.1. The average molecular weight is 403 g/mol. The highest BCUT2D eigenvalue weighted by molar-refractivity contribution is 8.16. The van der Waals surface area contributed by atoms with Crippen LogP contribution in [-0.2, 0) is 4.79 Å². The Morgan fingerprint density at radius 3 is 2.65 bits per heavy atom. The van der Waals surface area contributed by atoms with Gasteiger partial charge in [0.25, 0.3) is 5.91 Å². The van der Waals surface area contributed by atoms with Gasteiger partial charge in [0.1, 0.15) is 5.75 Å². The Hall–Kier alpha value is -1.70. The molecule has 4 rings (SSSR count). The van der Waals surface area contributed by atoms with Crippen molar-refractivity contribution in [2.45, 2.75) is 11.0 Å². The maximum atomic E-state index is 12.1. The Bertz CT molecular complexity index is 856. The van der Waals surface area contributed by atoms with Crippen LogP contribution in [0.2, 0.25) is 0 Å². The van der Waals surface area contributed by atoms with Crippen molar-refractivity contribution in [1.82, 2.24) is 4.98 Å². The van der Waals surface area contributed by atoms with Crippen molar-refractivity contribution in [2.24, 2.45) is 0 Å². The summed E-state index contributed by atoms with van der Waals surface area (Å²) in [5, 5.41) is 3.40. The lowest BCUT2D eigenvalue weighted by atomic mass is 10.2. The predicted octanol–water partition coefficient (Wildman–Crippen LogP) is 5.18. The number of thiazole rings is 1. The highest BCUT2D eigenvalue weighted by Crippen LogP contribution is 2.43. The van der Waals surface area contributed by atoms with Crippen molar-refractivity contribution >= 4 is 56.1 Å². The number of anilines is 1. The zero-order valence-corrected chi connectivity index (χ0v) is 16.5. The van der Waals surface area contributed by atoms with E-state index in [0.29, 0.717) is 15.5 Å². The molecule has 3 aromatic rings. The molecule has 26 heavy (non-hydrogen) atoms. The molecule has 1 N–H and O–H groups in total. The Morgan fingerprint density at radius 2 is 1.88 bits per heavy atom. The van der Waals surface area contributed by atoms with Crippen LogP contribution in [0.4, 0.5) is 5.13 Å². The van der Waals surface area contributed by atoms with E-state index in [1.165, 1.54) is 34.8 Å². The molecule has 0 aliphatic carbocycles. The van der Waals surface area contributed by atoms with Gasteiger partial charge in [0, 0.05) is 0 Å². The van der Waals surface area contributed by atoms with Crippen molar-refractivity contribution < 1.29 is 9.53 Å². The van der Waals surface area contributed by atoms with E-state index >= 15 is 0 Å². The molecule has 1 amide bonds. The number of carbonyl (C=O) groups is 1. The largest absolute Gasteiger partial charge is 0.484 e. The molecule has 1 aliphatic heterocycles.